The van der Waals surface area contributed by atoms with Crippen molar-refractivity contribution in [1.29, 1.82) is 0 Å². The maximum atomic E-state index is 2.95. The van der Waals surface area contributed by atoms with Crippen LogP contribution < -0.4 is 0 Å². The number of hydrogen-bond acceptors (Lipinski definition) is 2. The first-order valence-electron chi connectivity index (χ1n) is 13.2. The average molecular weight is 483 g/mol. The van der Waals surface area contributed by atoms with Crippen molar-refractivity contribution in [2.75, 3.05) is 13.1 Å². The second kappa shape index (κ2) is 7.18. The van der Waals surface area contributed by atoms with E-state index in [0.717, 1.165) is 0 Å². The van der Waals surface area contributed by atoms with Gasteiger partial charge in [0.1, 0.15) is 16.5 Å². The molecule has 0 aromatic carbocycles. The van der Waals surface area contributed by atoms with Crippen LogP contribution in [0.5, 0.6) is 0 Å². The van der Waals surface area contributed by atoms with E-state index in [9.17, 15) is 0 Å². The molecule has 184 valence electrons. The van der Waals surface area contributed by atoms with Crippen molar-refractivity contribution < 1.29 is 0 Å². The van der Waals surface area contributed by atoms with E-state index >= 15 is 0 Å². The Bertz CT molecular complexity index is 875. The van der Waals surface area contributed by atoms with Gasteiger partial charge in [-0.05, 0) is 72.9 Å². The first-order valence-corrected chi connectivity index (χ1v) is 19.1. The molecule has 0 radical (unpaired) electrons. The smallest absolute Gasteiger partial charge is 0.137 e. The maximum Gasteiger partial charge on any atom is 0.137 e. The molecule has 2 aliphatic carbocycles. The van der Waals surface area contributed by atoms with E-state index in [0.29, 0.717) is 0 Å². The third kappa shape index (κ3) is 2.96. The van der Waals surface area contributed by atoms with E-state index in [2.05, 4.69) is 127 Å². The van der Waals surface area contributed by atoms with Gasteiger partial charge in [-0.2, -0.15) is 0 Å². The summed E-state index contributed by atoms with van der Waals surface area (Å²) in [7, 11) is -3.86. The fraction of sp³-hybridized carbons (Fsp3) is 0.724. The Hall–Kier alpha value is -0.686. The molecule has 0 amide bonds. The molecule has 2 saturated heterocycles. The van der Waals surface area contributed by atoms with Gasteiger partial charge < -0.3 is 9.13 Å². The summed E-state index contributed by atoms with van der Waals surface area (Å²) in [6.45, 7) is 33.1. The second-order valence-electron chi connectivity index (χ2n) is 14.6. The Balaban J connectivity index is 1.99. The number of hydrogen-bond donors (Lipinski definition) is 0. The van der Waals surface area contributed by atoms with E-state index in [1.54, 1.807) is 11.1 Å². The standard InChI is InChI=1S/C29H50N2Si2/c1-25(2,3)30-21-17-23-15-13-19-28(23,32(30,9)10)27(7,8)29-20-14-16-24(29)18-22-31(26(4,5)6)33(29,11)12/h13-16,19-20H,17-18,21-22H2,1-12H3. The van der Waals surface area contributed by atoms with Gasteiger partial charge in [-0.15, -0.1) is 0 Å². The summed E-state index contributed by atoms with van der Waals surface area (Å²) in [6, 6.07) is 0. The van der Waals surface area contributed by atoms with Gasteiger partial charge in [0.05, 0.1) is 0 Å². The minimum atomic E-state index is -1.93. The fourth-order valence-electron chi connectivity index (χ4n) is 9.71. The lowest BCUT2D eigenvalue weighted by molar-refractivity contribution is 0.143. The van der Waals surface area contributed by atoms with Crippen LogP contribution in [0.1, 0.15) is 68.2 Å². The summed E-state index contributed by atoms with van der Waals surface area (Å²) < 4.78 is 5.90. The predicted molar refractivity (Wildman–Crippen MR) is 151 cm³/mol. The van der Waals surface area contributed by atoms with E-state index in [1.165, 1.54) is 25.9 Å². The van der Waals surface area contributed by atoms with Crippen LogP contribution in [0.2, 0.25) is 36.3 Å². The van der Waals surface area contributed by atoms with E-state index in [4.69, 9.17) is 0 Å². The Morgan fingerprint density at radius 2 is 0.970 bits per heavy atom. The van der Waals surface area contributed by atoms with Gasteiger partial charge in [-0.1, -0.05) is 87.6 Å². The molecule has 0 N–H and O–H groups in total. The summed E-state index contributed by atoms with van der Waals surface area (Å²) in [6.07, 6.45) is 17.6. The highest BCUT2D eigenvalue weighted by Crippen LogP contribution is 2.78. The number of rotatable bonds is 2. The summed E-state index contributed by atoms with van der Waals surface area (Å²) in [5.41, 5.74) is 3.92. The lowest BCUT2D eigenvalue weighted by Crippen LogP contribution is -2.74. The van der Waals surface area contributed by atoms with Crippen LogP contribution in [-0.4, -0.2) is 49.8 Å². The molecular weight excluding hydrogens is 433 g/mol. The Labute approximate surface area is 207 Å². The molecule has 2 heterocycles. The molecule has 0 spiro atoms. The van der Waals surface area contributed by atoms with Crippen LogP contribution in [0.15, 0.2) is 47.6 Å². The van der Waals surface area contributed by atoms with Crippen LogP contribution in [0.3, 0.4) is 0 Å². The average Bonchev–Trinajstić information content (AvgIpc) is 3.25. The monoisotopic (exact) mass is 482 g/mol. The first-order chi connectivity index (χ1) is 14.9. The van der Waals surface area contributed by atoms with Crippen molar-refractivity contribution in [2.24, 2.45) is 5.41 Å². The number of nitrogens with zero attached hydrogens (tertiary/aromatic N) is 2. The molecule has 2 fully saturated rings. The topological polar surface area (TPSA) is 6.48 Å². The normalized spacial score (nSPS) is 34.2. The van der Waals surface area contributed by atoms with Crippen molar-refractivity contribution in [3.05, 3.63) is 47.6 Å². The van der Waals surface area contributed by atoms with Crippen molar-refractivity contribution in [3.63, 3.8) is 0 Å². The van der Waals surface area contributed by atoms with Gasteiger partial charge in [0.15, 0.2) is 0 Å². The van der Waals surface area contributed by atoms with E-state index in [-0.39, 0.29) is 26.6 Å². The van der Waals surface area contributed by atoms with Crippen molar-refractivity contribution >= 4 is 16.5 Å². The van der Waals surface area contributed by atoms with Crippen molar-refractivity contribution in [1.82, 2.24) is 9.13 Å². The fourth-order valence-corrected chi connectivity index (χ4v) is 21.8. The molecule has 2 unspecified atom stereocenters. The molecule has 2 nitrogen and oxygen atoms in total. The molecule has 4 heteroatoms. The lowest BCUT2D eigenvalue weighted by atomic mass is 9.63. The van der Waals surface area contributed by atoms with Gasteiger partial charge in [0, 0.05) is 21.2 Å². The Morgan fingerprint density at radius 1 is 0.636 bits per heavy atom. The van der Waals surface area contributed by atoms with Crippen LogP contribution in [0.4, 0.5) is 0 Å². The number of allylic oxidation sites excluding steroid dienone is 6. The van der Waals surface area contributed by atoms with Crippen LogP contribution in [0.25, 0.3) is 0 Å². The molecule has 0 aromatic rings. The van der Waals surface area contributed by atoms with E-state index < -0.39 is 16.5 Å². The van der Waals surface area contributed by atoms with Crippen LogP contribution in [0, 0.1) is 5.41 Å². The SMILES string of the molecule is CC(C)(C)N1CCC2=CC=CC2(C(C)(C)C23C=CC=C2CCN(C(C)(C)C)[Si]3(C)C)[Si]1(C)C. The number of fused-ring (bicyclic) bond motifs is 2. The highest BCUT2D eigenvalue weighted by Gasteiger charge is 2.73. The summed E-state index contributed by atoms with van der Waals surface area (Å²) in [5.74, 6) is 0. The molecule has 2 aliphatic heterocycles. The quantitative estimate of drug-likeness (QED) is 0.369. The second-order valence-corrected chi connectivity index (χ2v) is 23.5. The van der Waals surface area contributed by atoms with Crippen molar-refractivity contribution in [3.8, 4) is 0 Å². The third-order valence-corrected chi connectivity index (χ3v) is 21.0. The highest BCUT2D eigenvalue weighted by molar-refractivity contribution is 6.82. The zero-order valence-corrected chi connectivity index (χ0v) is 25.7. The molecule has 4 rings (SSSR count). The first kappa shape index (κ1) is 25.4. The van der Waals surface area contributed by atoms with Crippen LogP contribution in [-0.2, 0) is 0 Å². The minimum Gasteiger partial charge on any atom is -0.318 e. The Morgan fingerprint density at radius 3 is 1.27 bits per heavy atom. The molecule has 33 heavy (non-hydrogen) atoms. The van der Waals surface area contributed by atoms with Gasteiger partial charge >= 0.3 is 0 Å². The van der Waals surface area contributed by atoms with Gasteiger partial charge in [-0.25, -0.2) is 0 Å². The van der Waals surface area contributed by atoms with Gasteiger partial charge in [0.25, 0.3) is 0 Å². The van der Waals surface area contributed by atoms with Gasteiger partial charge in [-0.3, -0.25) is 0 Å². The molecule has 0 saturated carbocycles. The molecule has 4 aliphatic rings. The summed E-state index contributed by atoms with van der Waals surface area (Å²) in [5, 5.41) is 0.259. The summed E-state index contributed by atoms with van der Waals surface area (Å²) in [4.78, 5) is 0. The molecular formula is C29H50N2Si2. The maximum absolute atomic E-state index is 2.95. The lowest BCUT2D eigenvalue weighted by Gasteiger charge is -2.71. The van der Waals surface area contributed by atoms with Gasteiger partial charge in [0.2, 0.25) is 0 Å². The minimum absolute atomic E-state index is 0.0942. The molecule has 0 aromatic heterocycles. The predicted octanol–water partition coefficient (Wildman–Crippen LogP) is 7.90. The molecule has 0 bridgehead atoms. The highest BCUT2D eigenvalue weighted by atomic mass is 28.3. The Kier molecular flexibility index (Phi) is 5.53. The van der Waals surface area contributed by atoms with E-state index in [1.807, 2.05) is 0 Å². The van der Waals surface area contributed by atoms with Crippen LogP contribution >= 0.6 is 0 Å². The summed E-state index contributed by atoms with van der Waals surface area (Å²) >= 11 is 0. The van der Waals surface area contributed by atoms with Crippen molar-refractivity contribution in [2.45, 2.75) is 116 Å². The third-order valence-electron chi connectivity index (χ3n) is 10.4. The molecule has 2 atom stereocenters. The zero-order valence-electron chi connectivity index (χ0n) is 23.7. The zero-order chi connectivity index (χ0) is 24.9. The largest absolute Gasteiger partial charge is 0.318 e.